The average Bonchev–Trinajstić information content (AvgIpc) is 2.97. The van der Waals surface area contributed by atoms with Gasteiger partial charge in [-0.25, -0.2) is 9.18 Å². The molecule has 1 aromatic carbocycles. The fourth-order valence-electron chi connectivity index (χ4n) is 3.81. The summed E-state index contributed by atoms with van der Waals surface area (Å²) in [5, 5.41) is 3.50. The molecule has 7 heteroatoms. The highest BCUT2D eigenvalue weighted by molar-refractivity contribution is 8.14. The van der Waals surface area contributed by atoms with Gasteiger partial charge in [0.1, 0.15) is 11.4 Å². The average molecular weight is 380 g/mol. The van der Waals surface area contributed by atoms with Crippen molar-refractivity contribution in [1.82, 2.24) is 5.32 Å². The molecule has 0 bridgehead atoms. The third-order valence-corrected chi connectivity index (χ3v) is 6.20. The monoisotopic (exact) mass is 379 g/mol. The first-order valence-electron chi connectivity index (χ1n) is 8.90. The minimum atomic E-state index is -0.768. The SMILES string of the molecule is CC(C)(C)OC(=O)NC1=NC(C)(c2cc(N)ccc2F)C2CCCC2S1. The molecular weight excluding hydrogens is 353 g/mol. The molecule has 3 unspecified atom stereocenters. The van der Waals surface area contributed by atoms with Crippen LogP contribution in [0.1, 0.15) is 52.5 Å². The van der Waals surface area contributed by atoms with Crippen LogP contribution < -0.4 is 11.1 Å². The predicted molar refractivity (Wildman–Crippen MR) is 104 cm³/mol. The molecule has 26 heavy (non-hydrogen) atoms. The van der Waals surface area contributed by atoms with Crippen molar-refractivity contribution in [2.24, 2.45) is 10.9 Å². The van der Waals surface area contributed by atoms with Gasteiger partial charge in [-0.1, -0.05) is 18.2 Å². The Labute approximate surface area is 158 Å². The number of nitrogens with two attached hydrogens (primary N) is 1. The first kappa shape index (κ1) is 19.0. The molecule has 3 N–H and O–H groups in total. The van der Waals surface area contributed by atoms with Crippen molar-refractivity contribution in [2.75, 3.05) is 5.73 Å². The summed E-state index contributed by atoms with van der Waals surface area (Å²) >= 11 is 1.55. The van der Waals surface area contributed by atoms with Gasteiger partial charge in [-0.3, -0.25) is 10.3 Å². The number of nitrogens with zero attached hydrogens (tertiary/aromatic N) is 1. The van der Waals surface area contributed by atoms with Gasteiger partial charge in [-0.05, 0) is 58.7 Å². The van der Waals surface area contributed by atoms with Crippen LogP contribution in [0.4, 0.5) is 14.9 Å². The maximum Gasteiger partial charge on any atom is 0.413 e. The summed E-state index contributed by atoms with van der Waals surface area (Å²) in [5.74, 6) is -0.118. The molecule has 5 nitrogen and oxygen atoms in total. The predicted octanol–water partition coefficient (Wildman–Crippen LogP) is 4.42. The van der Waals surface area contributed by atoms with Gasteiger partial charge in [0.15, 0.2) is 5.17 Å². The standard InChI is InChI=1S/C19H26FN3O2S/c1-18(2,3)25-17(24)22-16-23-19(4,12-6-5-7-15(12)26-16)13-10-11(21)8-9-14(13)20/h8-10,12,15H,5-7,21H2,1-4H3,(H,22,23,24). The van der Waals surface area contributed by atoms with Crippen molar-refractivity contribution < 1.29 is 13.9 Å². The van der Waals surface area contributed by atoms with Gasteiger partial charge in [0.25, 0.3) is 0 Å². The number of hydrogen-bond acceptors (Lipinski definition) is 5. The molecule has 0 saturated heterocycles. The van der Waals surface area contributed by atoms with Gasteiger partial charge in [0, 0.05) is 22.4 Å². The Kier molecular flexibility index (Phi) is 4.94. The molecular formula is C19H26FN3O2S. The molecule has 3 rings (SSSR count). The van der Waals surface area contributed by atoms with Crippen molar-refractivity contribution in [1.29, 1.82) is 0 Å². The number of aliphatic imine (C=N–C) groups is 1. The number of rotatable bonds is 1. The number of ether oxygens (including phenoxy) is 1. The van der Waals surface area contributed by atoms with Crippen LogP contribution in [0, 0.1) is 11.7 Å². The first-order valence-corrected chi connectivity index (χ1v) is 9.78. The van der Waals surface area contributed by atoms with Crippen LogP contribution in [0.15, 0.2) is 23.2 Å². The molecule has 2 aliphatic rings. The van der Waals surface area contributed by atoms with E-state index in [1.807, 2.05) is 27.7 Å². The van der Waals surface area contributed by atoms with Crippen LogP contribution in [-0.4, -0.2) is 22.1 Å². The molecule has 1 aromatic rings. The molecule has 142 valence electrons. The van der Waals surface area contributed by atoms with E-state index in [2.05, 4.69) is 5.32 Å². The number of carbonyl (C=O) groups excluding carboxylic acids is 1. The second-order valence-corrected chi connectivity index (χ2v) is 9.35. The first-order chi connectivity index (χ1) is 12.1. The van der Waals surface area contributed by atoms with Crippen LogP contribution in [0.3, 0.4) is 0 Å². The molecule has 3 atom stereocenters. The van der Waals surface area contributed by atoms with Gasteiger partial charge in [0.2, 0.25) is 0 Å². The number of fused-ring (bicyclic) bond motifs is 1. The fraction of sp³-hybridized carbons (Fsp3) is 0.579. The smallest absolute Gasteiger partial charge is 0.413 e. The summed E-state index contributed by atoms with van der Waals surface area (Å²) in [6, 6.07) is 4.60. The number of nitrogen functional groups attached to an aromatic ring is 1. The lowest BCUT2D eigenvalue weighted by Gasteiger charge is -2.40. The van der Waals surface area contributed by atoms with E-state index in [1.54, 1.807) is 23.9 Å². The summed E-state index contributed by atoms with van der Waals surface area (Å²) in [5.41, 5.74) is 5.53. The Hall–Kier alpha value is -1.76. The summed E-state index contributed by atoms with van der Waals surface area (Å²) in [6.45, 7) is 7.36. The molecule has 0 aromatic heterocycles. The summed E-state index contributed by atoms with van der Waals surface area (Å²) in [7, 11) is 0. The van der Waals surface area contributed by atoms with Crippen LogP contribution >= 0.6 is 11.8 Å². The number of carbonyl (C=O) groups is 1. The largest absolute Gasteiger partial charge is 0.444 e. The molecule has 1 heterocycles. The van der Waals surface area contributed by atoms with Crippen molar-refractivity contribution >= 4 is 28.7 Å². The molecule has 1 aliphatic heterocycles. The minimum absolute atomic E-state index is 0.202. The number of amidine groups is 1. The highest BCUT2D eigenvalue weighted by Gasteiger charge is 2.48. The number of amides is 1. The Morgan fingerprint density at radius 1 is 1.42 bits per heavy atom. The number of hydrogen-bond donors (Lipinski definition) is 2. The quantitative estimate of drug-likeness (QED) is 0.708. The lowest BCUT2D eigenvalue weighted by Crippen LogP contribution is -2.44. The molecule has 1 fully saturated rings. The van der Waals surface area contributed by atoms with Gasteiger partial charge in [-0.2, -0.15) is 0 Å². The zero-order valence-corrected chi connectivity index (χ0v) is 16.5. The van der Waals surface area contributed by atoms with E-state index >= 15 is 0 Å². The highest BCUT2D eigenvalue weighted by Crippen LogP contribution is 2.51. The Morgan fingerprint density at radius 3 is 2.85 bits per heavy atom. The summed E-state index contributed by atoms with van der Waals surface area (Å²) in [6.07, 6.45) is 2.52. The molecule has 1 saturated carbocycles. The molecule has 1 aliphatic carbocycles. The van der Waals surface area contributed by atoms with E-state index in [0.717, 1.165) is 19.3 Å². The molecule has 0 radical (unpaired) electrons. The van der Waals surface area contributed by atoms with E-state index in [4.69, 9.17) is 15.5 Å². The maximum absolute atomic E-state index is 14.6. The number of halogens is 1. The summed E-state index contributed by atoms with van der Waals surface area (Å²) < 4.78 is 20.0. The van der Waals surface area contributed by atoms with Crippen LogP contribution in [-0.2, 0) is 10.3 Å². The van der Waals surface area contributed by atoms with Gasteiger partial charge >= 0.3 is 6.09 Å². The number of alkyl carbamates (subject to hydrolysis) is 1. The van der Waals surface area contributed by atoms with Crippen molar-refractivity contribution in [3.05, 3.63) is 29.6 Å². The van der Waals surface area contributed by atoms with Crippen LogP contribution in [0.25, 0.3) is 0 Å². The minimum Gasteiger partial charge on any atom is -0.444 e. The van der Waals surface area contributed by atoms with E-state index in [1.165, 1.54) is 6.07 Å². The Morgan fingerprint density at radius 2 is 2.15 bits per heavy atom. The van der Waals surface area contributed by atoms with E-state index < -0.39 is 17.2 Å². The van der Waals surface area contributed by atoms with Crippen LogP contribution in [0.2, 0.25) is 0 Å². The topological polar surface area (TPSA) is 76.7 Å². The fourth-order valence-corrected chi connectivity index (χ4v) is 5.33. The Balaban J connectivity index is 1.96. The number of thioether (sulfide) groups is 1. The number of nitrogens with one attached hydrogen (secondary N) is 1. The molecule has 1 amide bonds. The van der Waals surface area contributed by atoms with Crippen LogP contribution in [0.5, 0.6) is 0 Å². The van der Waals surface area contributed by atoms with Gasteiger partial charge in [-0.15, -0.1) is 0 Å². The number of benzene rings is 1. The maximum atomic E-state index is 14.6. The normalized spacial score (nSPS) is 28.3. The van der Waals surface area contributed by atoms with Gasteiger partial charge in [0.05, 0.1) is 5.54 Å². The lowest BCUT2D eigenvalue weighted by atomic mass is 9.78. The van der Waals surface area contributed by atoms with Crippen molar-refractivity contribution in [2.45, 2.75) is 63.3 Å². The lowest BCUT2D eigenvalue weighted by molar-refractivity contribution is 0.0564. The van der Waals surface area contributed by atoms with Gasteiger partial charge < -0.3 is 10.5 Å². The van der Waals surface area contributed by atoms with E-state index in [-0.39, 0.29) is 17.0 Å². The van der Waals surface area contributed by atoms with Crippen molar-refractivity contribution in [3.63, 3.8) is 0 Å². The van der Waals surface area contributed by atoms with E-state index in [0.29, 0.717) is 16.4 Å². The van der Waals surface area contributed by atoms with E-state index in [9.17, 15) is 9.18 Å². The highest BCUT2D eigenvalue weighted by atomic mass is 32.2. The molecule has 0 spiro atoms. The zero-order valence-electron chi connectivity index (χ0n) is 15.6. The number of anilines is 1. The Bertz CT molecular complexity index is 747. The van der Waals surface area contributed by atoms with Crippen molar-refractivity contribution in [3.8, 4) is 0 Å². The third-order valence-electron chi connectivity index (χ3n) is 4.91. The third kappa shape index (κ3) is 3.82. The summed E-state index contributed by atoms with van der Waals surface area (Å²) in [4.78, 5) is 16.9. The second-order valence-electron chi connectivity index (χ2n) is 8.12. The zero-order chi connectivity index (χ0) is 19.1. The second kappa shape index (κ2) is 6.76.